The predicted molar refractivity (Wildman–Crippen MR) is 83.7 cm³/mol. The number of hydrogen-bond acceptors (Lipinski definition) is 2. The van der Waals surface area contributed by atoms with E-state index in [4.69, 9.17) is 0 Å². The molecule has 21 heavy (non-hydrogen) atoms. The number of amides is 1. The molecule has 1 saturated carbocycles. The van der Waals surface area contributed by atoms with E-state index in [2.05, 4.69) is 6.92 Å². The number of Topliss-reactive ketones (excluding diaryl/α,β-unsaturated/α-hetero) is 1. The lowest BCUT2D eigenvalue weighted by molar-refractivity contribution is -0.118. The van der Waals surface area contributed by atoms with Crippen LogP contribution in [0.15, 0.2) is 18.2 Å². The van der Waals surface area contributed by atoms with Gasteiger partial charge in [-0.3, -0.25) is 9.59 Å². The smallest absolute Gasteiger partial charge is 0.227 e. The molecule has 0 radical (unpaired) electrons. The molecule has 1 fully saturated rings. The Morgan fingerprint density at radius 1 is 1.14 bits per heavy atom. The Morgan fingerprint density at radius 2 is 1.86 bits per heavy atom. The maximum atomic E-state index is 12.9. The van der Waals surface area contributed by atoms with Gasteiger partial charge in [0.05, 0.1) is 0 Å². The number of benzene rings is 1. The lowest BCUT2D eigenvalue weighted by Gasteiger charge is -2.33. The molecule has 1 aliphatic heterocycles. The highest BCUT2D eigenvalue weighted by Crippen LogP contribution is 2.39. The number of aryl methyl sites for hydroxylation is 1. The number of hydrogen-bond donors (Lipinski definition) is 0. The fraction of sp³-hybridized carbons (Fsp3) is 0.556. The van der Waals surface area contributed by atoms with Gasteiger partial charge in [0.1, 0.15) is 0 Å². The maximum absolute atomic E-state index is 12.9. The molecule has 1 amide bonds. The van der Waals surface area contributed by atoms with E-state index in [1.165, 1.54) is 6.42 Å². The maximum Gasteiger partial charge on any atom is 0.227 e. The van der Waals surface area contributed by atoms with Crippen LogP contribution in [0.3, 0.4) is 0 Å². The molecular formula is C18H23NO2. The zero-order chi connectivity index (χ0) is 15.0. The van der Waals surface area contributed by atoms with Gasteiger partial charge in [-0.2, -0.15) is 0 Å². The third-order valence-corrected chi connectivity index (χ3v) is 5.19. The van der Waals surface area contributed by atoms with Crippen LogP contribution in [0.5, 0.6) is 0 Å². The van der Waals surface area contributed by atoms with Crippen molar-refractivity contribution in [2.45, 2.75) is 51.9 Å². The number of nitrogens with zero attached hydrogens (tertiary/aromatic N) is 1. The Kier molecular flexibility index (Phi) is 3.60. The highest BCUT2D eigenvalue weighted by atomic mass is 16.2. The first-order valence-electron chi connectivity index (χ1n) is 7.95. The minimum atomic E-state index is -0.192. The van der Waals surface area contributed by atoms with Crippen molar-refractivity contribution < 1.29 is 9.59 Å². The van der Waals surface area contributed by atoms with Gasteiger partial charge in [-0.15, -0.1) is 0 Å². The summed E-state index contributed by atoms with van der Waals surface area (Å²) in [5.41, 5.74) is 2.71. The second-order valence-electron chi connectivity index (χ2n) is 6.75. The highest BCUT2D eigenvalue weighted by molar-refractivity contribution is 6.02. The van der Waals surface area contributed by atoms with Gasteiger partial charge in [0, 0.05) is 30.1 Å². The second kappa shape index (κ2) is 5.28. The van der Waals surface area contributed by atoms with E-state index in [0.29, 0.717) is 6.42 Å². The summed E-state index contributed by atoms with van der Waals surface area (Å²) < 4.78 is 0. The highest BCUT2D eigenvalue weighted by Gasteiger charge is 2.35. The molecule has 0 aromatic heterocycles. The molecule has 0 N–H and O–H groups in total. The molecular weight excluding hydrogens is 262 g/mol. The molecule has 0 unspecified atom stereocenters. The molecule has 3 heteroatoms. The number of carbonyl (C=O) groups is 2. The van der Waals surface area contributed by atoms with E-state index in [9.17, 15) is 9.59 Å². The summed E-state index contributed by atoms with van der Waals surface area (Å²) in [7, 11) is 1.81. The Balaban J connectivity index is 1.90. The van der Waals surface area contributed by atoms with Crippen LogP contribution >= 0.6 is 0 Å². The van der Waals surface area contributed by atoms with E-state index >= 15 is 0 Å². The third kappa shape index (κ3) is 2.50. The summed E-state index contributed by atoms with van der Waals surface area (Å²) in [4.78, 5) is 26.3. The summed E-state index contributed by atoms with van der Waals surface area (Å²) in [6.07, 6.45) is 6.85. The van der Waals surface area contributed by atoms with E-state index in [0.717, 1.165) is 48.9 Å². The predicted octanol–water partition coefficient (Wildman–Crippen LogP) is 3.75. The summed E-state index contributed by atoms with van der Waals surface area (Å²) >= 11 is 0. The Bertz CT molecular complexity index is 585. The molecule has 0 atom stereocenters. The van der Waals surface area contributed by atoms with Crippen molar-refractivity contribution in [3.05, 3.63) is 29.3 Å². The normalized spacial score (nSPS) is 21.0. The van der Waals surface area contributed by atoms with Crippen LogP contribution in [0.2, 0.25) is 0 Å². The first-order valence-corrected chi connectivity index (χ1v) is 7.95. The minimum absolute atomic E-state index is 0.154. The molecule has 1 aromatic carbocycles. The lowest BCUT2D eigenvalue weighted by Crippen LogP contribution is -2.32. The van der Waals surface area contributed by atoms with Crippen LogP contribution in [-0.4, -0.2) is 18.7 Å². The SMILES string of the molecule is CN1C(=O)CCc2cc(C(=O)C3(C)CCCCC3)ccc21. The summed E-state index contributed by atoms with van der Waals surface area (Å²) in [5.74, 6) is 0.436. The van der Waals surface area contributed by atoms with Crippen molar-refractivity contribution in [2.75, 3.05) is 11.9 Å². The zero-order valence-electron chi connectivity index (χ0n) is 12.9. The quantitative estimate of drug-likeness (QED) is 0.776. The molecule has 1 aliphatic carbocycles. The Morgan fingerprint density at radius 3 is 2.57 bits per heavy atom. The van der Waals surface area contributed by atoms with Crippen molar-refractivity contribution in [3.8, 4) is 0 Å². The van der Waals surface area contributed by atoms with E-state index < -0.39 is 0 Å². The van der Waals surface area contributed by atoms with Gasteiger partial charge in [0.25, 0.3) is 0 Å². The monoisotopic (exact) mass is 285 g/mol. The number of anilines is 1. The van der Waals surface area contributed by atoms with Gasteiger partial charge in [-0.1, -0.05) is 26.2 Å². The number of rotatable bonds is 2. The Labute approximate surface area is 126 Å². The molecule has 1 heterocycles. The first kappa shape index (κ1) is 14.3. The summed E-state index contributed by atoms with van der Waals surface area (Å²) in [6.45, 7) is 2.11. The van der Waals surface area contributed by atoms with Gasteiger partial charge in [0.2, 0.25) is 5.91 Å². The molecule has 3 nitrogen and oxygen atoms in total. The summed E-state index contributed by atoms with van der Waals surface area (Å²) in [5, 5.41) is 0. The minimum Gasteiger partial charge on any atom is -0.315 e. The standard InChI is InChI=1S/C18H23NO2/c1-18(10-4-3-5-11-18)17(21)14-6-8-15-13(12-14)7-9-16(20)19(15)2/h6,8,12H,3-5,7,9-11H2,1-2H3. The molecule has 0 saturated heterocycles. The number of fused-ring (bicyclic) bond motifs is 1. The third-order valence-electron chi connectivity index (χ3n) is 5.19. The number of carbonyl (C=O) groups excluding carboxylic acids is 2. The molecule has 0 spiro atoms. The molecule has 0 bridgehead atoms. The fourth-order valence-electron chi connectivity index (χ4n) is 3.71. The van der Waals surface area contributed by atoms with E-state index in [1.54, 1.807) is 4.90 Å². The zero-order valence-corrected chi connectivity index (χ0v) is 12.9. The van der Waals surface area contributed by atoms with Gasteiger partial charge >= 0.3 is 0 Å². The van der Waals surface area contributed by atoms with Crippen LogP contribution in [-0.2, 0) is 11.2 Å². The molecule has 1 aromatic rings. The summed E-state index contributed by atoms with van der Waals surface area (Å²) in [6, 6.07) is 5.85. The molecule has 112 valence electrons. The Hall–Kier alpha value is -1.64. The van der Waals surface area contributed by atoms with Crippen LogP contribution < -0.4 is 4.90 Å². The van der Waals surface area contributed by atoms with Crippen LogP contribution in [0.4, 0.5) is 5.69 Å². The number of ketones is 1. The van der Waals surface area contributed by atoms with Gasteiger partial charge in [0.15, 0.2) is 5.78 Å². The van der Waals surface area contributed by atoms with Crippen molar-refractivity contribution in [2.24, 2.45) is 5.41 Å². The molecule has 2 aliphatic rings. The second-order valence-corrected chi connectivity index (χ2v) is 6.75. The average molecular weight is 285 g/mol. The van der Waals surface area contributed by atoms with Crippen molar-refractivity contribution in [1.82, 2.24) is 0 Å². The van der Waals surface area contributed by atoms with Gasteiger partial charge in [-0.05, 0) is 43.0 Å². The fourth-order valence-corrected chi connectivity index (χ4v) is 3.71. The van der Waals surface area contributed by atoms with Gasteiger partial charge in [-0.25, -0.2) is 0 Å². The topological polar surface area (TPSA) is 37.4 Å². The molecule has 3 rings (SSSR count). The van der Waals surface area contributed by atoms with Crippen molar-refractivity contribution >= 4 is 17.4 Å². The van der Waals surface area contributed by atoms with Crippen LogP contribution in [0, 0.1) is 5.41 Å². The van der Waals surface area contributed by atoms with E-state index in [-0.39, 0.29) is 17.1 Å². The average Bonchev–Trinajstić information content (AvgIpc) is 2.51. The van der Waals surface area contributed by atoms with Gasteiger partial charge < -0.3 is 4.90 Å². The first-order chi connectivity index (χ1) is 10.0. The van der Waals surface area contributed by atoms with Crippen LogP contribution in [0.1, 0.15) is 61.4 Å². The van der Waals surface area contributed by atoms with E-state index in [1.807, 2.05) is 25.2 Å². The van der Waals surface area contributed by atoms with Crippen molar-refractivity contribution in [1.29, 1.82) is 0 Å². The van der Waals surface area contributed by atoms with Crippen LogP contribution in [0.25, 0.3) is 0 Å². The largest absolute Gasteiger partial charge is 0.315 e. The lowest BCUT2D eigenvalue weighted by atomic mass is 9.71. The van der Waals surface area contributed by atoms with Crippen molar-refractivity contribution in [3.63, 3.8) is 0 Å².